The Kier molecular flexibility index (Phi) is 3.76. The molecule has 96 valence electrons. The summed E-state index contributed by atoms with van der Waals surface area (Å²) in [5.74, 6) is 0.148. The van der Waals surface area contributed by atoms with Crippen molar-refractivity contribution in [3.05, 3.63) is 41.7 Å². The Morgan fingerprint density at radius 2 is 2.06 bits per heavy atom. The number of aryl methyl sites for hydroxylation is 1. The Balaban J connectivity index is 1.92. The molecule has 0 atom stereocenters. The van der Waals surface area contributed by atoms with Crippen LogP contribution in [0.2, 0.25) is 0 Å². The Bertz CT molecular complexity index is 496. The molecule has 1 heterocycles. The number of aromatic amines is 1. The van der Waals surface area contributed by atoms with Crippen molar-refractivity contribution in [1.29, 1.82) is 0 Å². The molecule has 2 rings (SSSR count). The van der Waals surface area contributed by atoms with Gasteiger partial charge in [0.2, 0.25) is 0 Å². The molecule has 0 spiro atoms. The smallest absolute Gasteiger partial charge is 0.387 e. The molecule has 2 aromatic rings. The van der Waals surface area contributed by atoms with Crippen LogP contribution in [0.3, 0.4) is 0 Å². The number of alkyl halides is 2. The molecule has 6 heteroatoms. The molecule has 0 fully saturated rings. The molecule has 18 heavy (non-hydrogen) atoms. The standard InChI is InChI=1S/C12H13F2N3O/c1-8-9(7-16-17-8)6-15-10-2-4-11(5-3-10)18-12(13)14/h2-5,7,12,15H,6H2,1H3,(H,16,17). The van der Waals surface area contributed by atoms with Gasteiger partial charge >= 0.3 is 6.61 Å². The highest BCUT2D eigenvalue weighted by molar-refractivity contribution is 5.46. The lowest BCUT2D eigenvalue weighted by atomic mass is 10.2. The molecule has 0 aliphatic heterocycles. The van der Waals surface area contributed by atoms with E-state index in [1.807, 2.05) is 6.92 Å². The van der Waals surface area contributed by atoms with E-state index in [1.54, 1.807) is 18.3 Å². The van der Waals surface area contributed by atoms with Crippen molar-refractivity contribution < 1.29 is 13.5 Å². The summed E-state index contributed by atoms with van der Waals surface area (Å²) in [6.07, 6.45) is 1.75. The highest BCUT2D eigenvalue weighted by Gasteiger charge is 2.04. The average molecular weight is 253 g/mol. The van der Waals surface area contributed by atoms with Crippen molar-refractivity contribution in [2.45, 2.75) is 20.1 Å². The van der Waals surface area contributed by atoms with Crippen LogP contribution in [0, 0.1) is 6.92 Å². The first-order valence-electron chi connectivity index (χ1n) is 5.43. The second-order valence-corrected chi connectivity index (χ2v) is 3.78. The Hall–Kier alpha value is -2.11. The van der Waals surface area contributed by atoms with Gasteiger partial charge in [0.05, 0.1) is 6.20 Å². The number of nitrogens with zero attached hydrogens (tertiary/aromatic N) is 1. The van der Waals surface area contributed by atoms with E-state index in [0.29, 0.717) is 6.54 Å². The molecule has 4 nitrogen and oxygen atoms in total. The van der Waals surface area contributed by atoms with Crippen molar-refractivity contribution in [1.82, 2.24) is 10.2 Å². The van der Waals surface area contributed by atoms with Crippen LogP contribution in [0.5, 0.6) is 5.75 Å². The largest absolute Gasteiger partial charge is 0.435 e. The fraction of sp³-hybridized carbons (Fsp3) is 0.250. The maximum absolute atomic E-state index is 12.0. The molecular weight excluding hydrogens is 240 g/mol. The number of aromatic nitrogens is 2. The summed E-state index contributed by atoms with van der Waals surface area (Å²) in [5, 5.41) is 9.92. The third kappa shape index (κ3) is 3.19. The van der Waals surface area contributed by atoms with Gasteiger partial charge in [-0.2, -0.15) is 13.9 Å². The Labute approximate surface area is 103 Å². The van der Waals surface area contributed by atoms with Crippen LogP contribution in [0.25, 0.3) is 0 Å². The highest BCUT2D eigenvalue weighted by atomic mass is 19.3. The summed E-state index contributed by atoms with van der Waals surface area (Å²) in [6.45, 7) is -0.238. The maximum Gasteiger partial charge on any atom is 0.387 e. The Morgan fingerprint density at radius 3 is 2.61 bits per heavy atom. The van der Waals surface area contributed by atoms with Crippen molar-refractivity contribution in [2.75, 3.05) is 5.32 Å². The number of benzene rings is 1. The number of hydrogen-bond donors (Lipinski definition) is 2. The average Bonchev–Trinajstić information content (AvgIpc) is 2.73. The first-order chi connectivity index (χ1) is 8.65. The third-order valence-corrected chi connectivity index (χ3v) is 2.50. The normalized spacial score (nSPS) is 10.7. The minimum atomic E-state index is -2.79. The summed E-state index contributed by atoms with van der Waals surface area (Å²) in [4.78, 5) is 0. The highest BCUT2D eigenvalue weighted by Crippen LogP contribution is 2.18. The summed E-state index contributed by atoms with van der Waals surface area (Å²) in [7, 11) is 0. The zero-order chi connectivity index (χ0) is 13.0. The lowest BCUT2D eigenvalue weighted by Gasteiger charge is -2.07. The number of ether oxygens (including phenoxy) is 1. The van der Waals surface area contributed by atoms with Gasteiger partial charge in [0.15, 0.2) is 0 Å². The van der Waals surface area contributed by atoms with Crippen LogP contribution in [0.1, 0.15) is 11.3 Å². The van der Waals surface area contributed by atoms with Crippen molar-refractivity contribution in [3.63, 3.8) is 0 Å². The number of halogens is 2. The lowest BCUT2D eigenvalue weighted by molar-refractivity contribution is -0.0498. The van der Waals surface area contributed by atoms with Gasteiger partial charge in [0.1, 0.15) is 5.75 Å². The summed E-state index contributed by atoms with van der Waals surface area (Å²) in [6, 6.07) is 6.37. The van der Waals surface area contributed by atoms with Crippen LogP contribution < -0.4 is 10.1 Å². The maximum atomic E-state index is 12.0. The van der Waals surface area contributed by atoms with Gasteiger partial charge < -0.3 is 10.1 Å². The van der Waals surface area contributed by atoms with E-state index in [4.69, 9.17) is 0 Å². The number of nitrogens with one attached hydrogen (secondary N) is 2. The summed E-state index contributed by atoms with van der Waals surface area (Å²) in [5.41, 5.74) is 2.89. The number of hydrogen-bond acceptors (Lipinski definition) is 3. The van der Waals surface area contributed by atoms with Crippen LogP contribution in [-0.2, 0) is 6.54 Å². The van der Waals surface area contributed by atoms with Crippen molar-refractivity contribution in [3.8, 4) is 5.75 Å². The molecule has 0 aliphatic carbocycles. The third-order valence-electron chi connectivity index (χ3n) is 2.50. The molecule has 0 radical (unpaired) electrons. The quantitative estimate of drug-likeness (QED) is 0.861. The predicted octanol–water partition coefficient (Wildman–Crippen LogP) is 2.93. The van der Waals surface area contributed by atoms with Gasteiger partial charge in [-0.05, 0) is 31.2 Å². The second-order valence-electron chi connectivity index (χ2n) is 3.78. The topological polar surface area (TPSA) is 49.9 Å². The van der Waals surface area contributed by atoms with Gasteiger partial charge in [-0.15, -0.1) is 0 Å². The van der Waals surface area contributed by atoms with E-state index in [1.165, 1.54) is 12.1 Å². The lowest BCUT2D eigenvalue weighted by Crippen LogP contribution is -2.02. The monoisotopic (exact) mass is 253 g/mol. The molecule has 0 saturated heterocycles. The first kappa shape index (κ1) is 12.3. The fourth-order valence-corrected chi connectivity index (χ4v) is 1.51. The Morgan fingerprint density at radius 1 is 1.33 bits per heavy atom. The first-order valence-corrected chi connectivity index (χ1v) is 5.43. The summed E-state index contributed by atoms with van der Waals surface area (Å²) >= 11 is 0. The van der Waals surface area contributed by atoms with E-state index in [-0.39, 0.29) is 5.75 Å². The van der Waals surface area contributed by atoms with Crippen LogP contribution in [0.4, 0.5) is 14.5 Å². The molecule has 0 amide bonds. The zero-order valence-electron chi connectivity index (χ0n) is 9.78. The van der Waals surface area contributed by atoms with E-state index in [2.05, 4.69) is 20.3 Å². The molecule has 2 N–H and O–H groups in total. The van der Waals surface area contributed by atoms with E-state index in [0.717, 1.165) is 16.9 Å². The second kappa shape index (κ2) is 5.48. The molecular formula is C12H13F2N3O. The summed E-state index contributed by atoms with van der Waals surface area (Å²) < 4.78 is 28.2. The van der Waals surface area contributed by atoms with Gasteiger partial charge in [-0.3, -0.25) is 5.10 Å². The van der Waals surface area contributed by atoms with Gasteiger partial charge in [0.25, 0.3) is 0 Å². The number of rotatable bonds is 5. The van der Waals surface area contributed by atoms with Crippen LogP contribution >= 0.6 is 0 Å². The van der Waals surface area contributed by atoms with Gasteiger partial charge in [0, 0.05) is 23.5 Å². The molecule has 0 saturated carbocycles. The molecule has 1 aromatic carbocycles. The van der Waals surface area contributed by atoms with Crippen molar-refractivity contribution >= 4 is 5.69 Å². The van der Waals surface area contributed by atoms with Gasteiger partial charge in [-0.25, -0.2) is 0 Å². The van der Waals surface area contributed by atoms with E-state index >= 15 is 0 Å². The van der Waals surface area contributed by atoms with Crippen LogP contribution in [-0.4, -0.2) is 16.8 Å². The predicted molar refractivity (Wildman–Crippen MR) is 63.7 cm³/mol. The zero-order valence-corrected chi connectivity index (χ0v) is 9.78. The number of H-pyrrole nitrogens is 1. The van der Waals surface area contributed by atoms with E-state index in [9.17, 15) is 8.78 Å². The number of anilines is 1. The molecule has 1 aromatic heterocycles. The van der Waals surface area contributed by atoms with Crippen LogP contribution in [0.15, 0.2) is 30.5 Å². The molecule has 0 aliphatic rings. The molecule has 0 bridgehead atoms. The SMILES string of the molecule is Cc1[nH]ncc1CNc1ccc(OC(F)F)cc1. The minimum absolute atomic E-state index is 0.148. The molecule has 0 unspecified atom stereocenters. The van der Waals surface area contributed by atoms with Crippen molar-refractivity contribution in [2.24, 2.45) is 0 Å². The fourth-order valence-electron chi connectivity index (χ4n) is 1.51. The van der Waals surface area contributed by atoms with Gasteiger partial charge in [-0.1, -0.05) is 0 Å². The van der Waals surface area contributed by atoms with E-state index < -0.39 is 6.61 Å². The minimum Gasteiger partial charge on any atom is -0.435 e.